The SMILES string of the molecule is Fc1ccc(Br)c(NCc2ccccc2F)c1. The minimum atomic E-state index is -0.329. The summed E-state index contributed by atoms with van der Waals surface area (Å²) in [5.74, 6) is -0.600. The first-order chi connectivity index (χ1) is 8.16. The van der Waals surface area contributed by atoms with Gasteiger partial charge in [0.15, 0.2) is 0 Å². The molecule has 1 N–H and O–H groups in total. The first-order valence-electron chi connectivity index (χ1n) is 5.09. The molecule has 0 saturated heterocycles. The van der Waals surface area contributed by atoms with E-state index >= 15 is 0 Å². The van der Waals surface area contributed by atoms with Gasteiger partial charge in [-0.05, 0) is 40.2 Å². The zero-order chi connectivity index (χ0) is 12.3. The number of rotatable bonds is 3. The maximum Gasteiger partial charge on any atom is 0.128 e. The molecule has 0 amide bonds. The van der Waals surface area contributed by atoms with Crippen LogP contribution in [0.25, 0.3) is 0 Å². The number of anilines is 1. The van der Waals surface area contributed by atoms with Crippen molar-refractivity contribution in [3.05, 3.63) is 64.1 Å². The average Bonchev–Trinajstić information content (AvgIpc) is 2.32. The van der Waals surface area contributed by atoms with E-state index in [0.29, 0.717) is 17.8 Å². The van der Waals surface area contributed by atoms with Gasteiger partial charge in [-0.3, -0.25) is 0 Å². The zero-order valence-corrected chi connectivity index (χ0v) is 10.5. The summed E-state index contributed by atoms with van der Waals surface area (Å²) in [7, 11) is 0. The minimum Gasteiger partial charge on any atom is -0.380 e. The molecule has 4 heteroatoms. The molecule has 0 heterocycles. The molecule has 0 fully saturated rings. The summed E-state index contributed by atoms with van der Waals surface area (Å²) in [6.07, 6.45) is 0. The van der Waals surface area contributed by atoms with Crippen LogP contribution < -0.4 is 5.32 Å². The normalized spacial score (nSPS) is 10.3. The molecule has 2 aromatic rings. The summed E-state index contributed by atoms with van der Waals surface area (Å²) in [4.78, 5) is 0. The zero-order valence-electron chi connectivity index (χ0n) is 8.88. The summed E-state index contributed by atoms with van der Waals surface area (Å²) in [6, 6.07) is 10.8. The van der Waals surface area contributed by atoms with Crippen molar-refractivity contribution < 1.29 is 8.78 Å². The van der Waals surface area contributed by atoms with Crippen molar-refractivity contribution in [2.45, 2.75) is 6.54 Å². The van der Waals surface area contributed by atoms with Gasteiger partial charge in [0.1, 0.15) is 11.6 Å². The second-order valence-electron chi connectivity index (χ2n) is 3.57. The molecule has 1 nitrogen and oxygen atoms in total. The largest absolute Gasteiger partial charge is 0.380 e. The molecular weight excluding hydrogens is 288 g/mol. The van der Waals surface area contributed by atoms with E-state index in [1.165, 1.54) is 18.2 Å². The average molecular weight is 298 g/mol. The molecule has 0 spiro atoms. The fourth-order valence-corrected chi connectivity index (χ4v) is 1.85. The summed E-state index contributed by atoms with van der Waals surface area (Å²) in [5, 5.41) is 2.98. The second kappa shape index (κ2) is 5.27. The molecule has 0 saturated carbocycles. The molecule has 0 atom stereocenters. The standard InChI is InChI=1S/C13H10BrF2N/c14-11-6-5-10(15)7-13(11)17-8-9-3-1-2-4-12(9)16/h1-7,17H,8H2. The Bertz CT molecular complexity index is 529. The van der Waals surface area contributed by atoms with E-state index < -0.39 is 0 Å². The van der Waals surface area contributed by atoms with Crippen molar-refractivity contribution in [2.24, 2.45) is 0 Å². The quantitative estimate of drug-likeness (QED) is 0.889. The lowest BCUT2D eigenvalue weighted by molar-refractivity contribution is 0.612. The molecule has 0 unspecified atom stereocenters. The Labute approximate surface area is 107 Å². The van der Waals surface area contributed by atoms with Gasteiger partial charge in [-0.2, -0.15) is 0 Å². The van der Waals surface area contributed by atoms with Gasteiger partial charge >= 0.3 is 0 Å². The Morgan fingerprint density at radius 1 is 1.06 bits per heavy atom. The Morgan fingerprint density at radius 2 is 1.82 bits per heavy atom. The molecule has 0 bridgehead atoms. The highest BCUT2D eigenvalue weighted by molar-refractivity contribution is 9.10. The topological polar surface area (TPSA) is 12.0 Å². The van der Waals surface area contributed by atoms with Crippen molar-refractivity contribution in [3.63, 3.8) is 0 Å². The second-order valence-corrected chi connectivity index (χ2v) is 4.42. The van der Waals surface area contributed by atoms with Crippen molar-refractivity contribution in [3.8, 4) is 0 Å². The van der Waals surface area contributed by atoms with E-state index in [-0.39, 0.29) is 11.6 Å². The van der Waals surface area contributed by atoms with Crippen LogP contribution in [-0.2, 0) is 6.54 Å². The van der Waals surface area contributed by atoms with E-state index in [2.05, 4.69) is 21.2 Å². The summed E-state index contributed by atoms with van der Waals surface area (Å²) in [5.41, 5.74) is 1.15. The van der Waals surface area contributed by atoms with Crippen molar-refractivity contribution in [1.29, 1.82) is 0 Å². The highest BCUT2D eigenvalue weighted by atomic mass is 79.9. The third-order valence-corrected chi connectivity index (χ3v) is 3.05. The maximum atomic E-state index is 13.3. The fourth-order valence-electron chi connectivity index (χ4n) is 1.47. The van der Waals surface area contributed by atoms with Gasteiger partial charge in [-0.1, -0.05) is 18.2 Å². The Kier molecular flexibility index (Phi) is 3.74. The van der Waals surface area contributed by atoms with E-state index in [9.17, 15) is 8.78 Å². The molecule has 17 heavy (non-hydrogen) atoms. The molecule has 0 aliphatic heterocycles. The molecular formula is C13H10BrF2N. The Morgan fingerprint density at radius 3 is 2.59 bits per heavy atom. The monoisotopic (exact) mass is 297 g/mol. The number of halogens is 3. The van der Waals surface area contributed by atoms with Crippen molar-refractivity contribution in [2.75, 3.05) is 5.32 Å². The minimum absolute atomic E-state index is 0.271. The lowest BCUT2D eigenvalue weighted by atomic mass is 10.2. The summed E-state index contributed by atoms with van der Waals surface area (Å²) in [6.45, 7) is 0.314. The van der Waals surface area contributed by atoms with E-state index in [1.54, 1.807) is 24.3 Å². The highest BCUT2D eigenvalue weighted by Crippen LogP contribution is 2.23. The number of hydrogen-bond donors (Lipinski definition) is 1. The summed E-state index contributed by atoms with van der Waals surface area (Å²) < 4.78 is 27.1. The van der Waals surface area contributed by atoms with Crippen LogP contribution in [0.2, 0.25) is 0 Å². The number of hydrogen-bond acceptors (Lipinski definition) is 1. The third-order valence-electron chi connectivity index (χ3n) is 2.36. The first kappa shape index (κ1) is 12.0. The Balaban J connectivity index is 2.12. The first-order valence-corrected chi connectivity index (χ1v) is 5.88. The highest BCUT2D eigenvalue weighted by Gasteiger charge is 2.03. The maximum absolute atomic E-state index is 13.3. The number of nitrogens with one attached hydrogen (secondary N) is 1. The number of benzene rings is 2. The van der Waals surface area contributed by atoms with Gasteiger partial charge in [-0.15, -0.1) is 0 Å². The van der Waals surface area contributed by atoms with Gasteiger partial charge in [-0.25, -0.2) is 8.78 Å². The fraction of sp³-hybridized carbons (Fsp3) is 0.0769. The van der Waals surface area contributed by atoms with Gasteiger partial charge in [0, 0.05) is 16.6 Å². The molecule has 2 aromatic carbocycles. The molecule has 88 valence electrons. The predicted octanol–water partition coefficient (Wildman–Crippen LogP) is 4.34. The van der Waals surface area contributed by atoms with Crippen LogP contribution in [0.15, 0.2) is 46.9 Å². The van der Waals surface area contributed by atoms with Crippen LogP contribution in [0.1, 0.15) is 5.56 Å². The van der Waals surface area contributed by atoms with E-state index in [1.807, 2.05) is 0 Å². The van der Waals surface area contributed by atoms with Crippen LogP contribution in [0.5, 0.6) is 0 Å². The lowest BCUT2D eigenvalue weighted by Gasteiger charge is -2.09. The van der Waals surface area contributed by atoms with Crippen LogP contribution in [0.3, 0.4) is 0 Å². The molecule has 0 radical (unpaired) electrons. The van der Waals surface area contributed by atoms with E-state index in [4.69, 9.17) is 0 Å². The van der Waals surface area contributed by atoms with E-state index in [0.717, 1.165) is 4.47 Å². The molecule has 0 aromatic heterocycles. The summed E-state index contributed by atoms with van der Waals surface area (Å²) >= 11 is 3.30. The van der Waals surface area contributed by atoms with Crippen LogP contribution in [0.4, 0.5) is 14.5 Å². The van der Waals surface area contributed by atoms with Gasteiger partial charge in [0.25, 0.3) is 0 Å². The van der Waals surface area contributed by atoms with Crippen molar-refractivity contribution >= 4 is 21.6 Å². The van der Waals surface area contributed by atoms with Gasteiger partial charge < -0.3 is 5.32 Å². The van der Waals surface area contributed by atoms with Gasteiger partial charge in [0.2, 0.25) is 0 Å². The van der Waals surface area contributed by atoms with Crippen LogP contribution in [-0.4, -0.2) is 0 Å². The molecule has 2 rings (SSSR count). The molecule has 0 aliphatic rings. The van der Waals surface area contributed by atoms with Crippen molar-refractivity contribution in [1.82, 2.24) is 0 Å². The third kappa shape index (κ3) is 3.03. The predicted molar refractivity (Wildman–Crippen MR) is 67.8 cm³/mol. The van der Waals surface area contributed by atoms with Crippen LogP contribution in [0, 0.1) is 11.6 Å². The lowest BCUT2D eigenvalue weighted by Crippen LogP contribution is -2.02. The van der Waals surface area contributed by atoms with Gasteiger partial charge in [0.05, 0.1) is 5.69 Å². The molecule has 0 aliphatic carbocycles. The smallest absolute Gasteiger partial charge is 0.128 e. The Hall–Kier alpha value is -1.42. The van der Waals surface area contributed by atoms with Crippen LogP contribution >= 0.6 is 15.9 Å².